The van der Waals surface area contributed by atoms with Crippen LogP contribution in [-0.2, 0) is 4.79 Å². The van der Waals surface area contributed by atoms with E-state index in [1.54, 1.807) is 31.2 Å². The van der Waals surface area contributed by atoms with Gasteiger partial charge in [-0.25, -0.2) is 4.98 Å². The quantitative estimate of drug-likeness (QED) is 0.496. The molecule has 3 aromatic rings. The van der Waals surface area contributed by atoms with Crippen LogP contribution in [-0.4, -0.2) is 32.1 Å². The summed E-state index contributed by atoms with van der Waals surface area (Å²) in [6.45, 7) is 5.28. The summed E-state index contributed by atoms with van der Waals surface area (Å²) < 4.78 is 0. The van der Waals surface area contributed by atoms with Gasteiger partial charge >= 0.3 is 0 Å². The van der Waals surface area contributed by atoms with E-state index in [9.17, 15) is 9.59 Å². The maximum absolute atomic E-state index is 12.5. The minimum Gasteiger partial charge on any atom is -0.324 e. The summed E-state index contributed by atoms with van der Waals surface area (Å²) in [7, 11) is 0. The van der Waals surface area contributed by atoms with E-state index >= 15 is 0 Å². The Morgan fingerprint density at radius 2 is 1.81 bits per heavy atom. The first-order valence-electron chi connectivity index (χ1n) is 8.51. The van der Waals surface area contributed by atoms with Crippen LogP contribution in [0.15, 0.2) is 53.7 Å². The van der Waals surface area contributed by atoms with E-state index in [1.165, 1.54) is 24.2 Å². The second kappa shape index (κ2) is 8.18. The summed E-state index contributed by atoms with van der Waals surface area (Å²) in [6.07, 6.45) is 0. The maximum atomic E-state index is 12.5. The lowest BCUT2D eigenvalue weighted by Gasteiger charge is -2.12. The summed E-state index contributed by atoms with van der Waals surface area (Å²) in [5, 5.41) is 9.96. The number of carbonyl (C=O) groups excluding carboxylic acids is 2. The predicted octanol–water partition coefficient (Wildman–Crippen LogP) is 4.10. The average molecular weight is 380 g/mol. The maximum Gasteiger partial charge on any atom is 0.237 e. The number of aromatic amines is 1. The van der Waals surface area contributed by atoms with Crippen molar-refractivity contribution in [2.45, 2.75) is 31.2 Å². The number of thioether (sulfide) groups is 1. The van der Waals surface area contributed by atoms with Crippen LogP contribution in [0.4, 0.5) is 5.69 Å². The van der Waals surface area contributed by atoms with Gasteiger partial charge in [0.15, 0.2) is 11.6 Å². The van der Waals surface area contributed by atoms with Crippen LogP contribution < -0.4 is 5.32 Å². The molecule has 1 amide bonds. The van der Waals surface area contributed by atoms with Crippen LogP contribution in [0.1, 0.15) is 29.8 Å². The number of H-pyrrole nitrogens is 1. The van der Waals surface area contributed by atoms with Crippen molar-refractivity contribution in [2.24, 2.45) is 0 Å². The number of anilines is 1. The molecule has 0 aliphatic carbocycles. The van der Waals surface area contributed by atoms with Crippen molar-refractivity contribution in [1.29, 1.82) is 0 Å². The Hall–Kier alpha value is -2.93. The van der Waals surface area contributed by atoms with Gasteiger partial charge in [0.1, 0.15) is 0 Å². The van der Waals surface area contributed by atoms with Gasteiger partial charge in [-0.3, -0.25) is 14.7 Å². The van der Waals surface area contributed by atoms with E-state index in [0.717, 1.165) is 5.56 Å². The van der Waals surface area contributed by atoms with Gasteiger partial charge in [-0.05, 0) is 32.9 Å². The van der Waals surface area contributed by atoms with E-state index in [1.807, 2.05) is 31.2 Å². The molecule has 2 aromatic carbocycles. The van der Waals surface area contributed by atoms with Crippen molar-refractivity contribution < 1.29 is 9.59 Å². The number of ketones is 1. The number of amides is 1. The number of nitrogens with one attached hydrogen (secondary N) is 2. The third-order valence-electron chi connectivity index (χ3n) is 4.01. The number of rotatable bonds is 6. The fourth-order valence-electron chi connectivity index (χ4n) is 2.48. The molecule has 138 valence electrons. The smallest absolute Gasteiger partial charge is 0.237 e. The SMILES string of the molecule is CC(=O)c1ccccc1NC(=O)[C@@H](C)Sc1n[nH]c(-c2ccc(C)cc2)n1. The molecule has 1 heterocycles. The first-order chi connectivity index (χ1) is 12.9. The molecule has 6 nitrogen and oxygen atoms in total. The number of carbonyl (C=O) groups is 2. The third-order valence-corrected chi connectivity index (χ3v) is 4.97. The minimum atomic E-state index is -0.424. The lowest BCUT2D eigenvalue weighted by molar-refractivity contribution is -0.115. The highest BCUT2D eigenvalue weighted by atomic mass is 32.2. The van der Waals surface area contributed by atoms with Gasteiger partial charge in [-0.1, -0.05) is 53.7 Å². The van der Waals surface area contributed by atoms with Crippen molar-refractivity contribution >= 4 is 29.1 Å². The predicted molar refractivity (Wildman–Crippen MR) is 107 cm³/mol. The molecule has 1 aromatic heterocycles. The van der Waals surface area contributed by atoms with Crippen LogP contribution in [0.3, 0.4) is 0 Å². The summed E-state index contributed by atoms with van der Waals surface area (Å²) >= 11 is 1.25. The molecular weight excluding hydrogens is 360 g/mol. The van der Waals surface area contributed by atoms with E-state index in [4.69, 9.17) is 0 Å². The number of aromatic nitrogens is 3. The van der Waals surface area contributed by atoms with E-state index < -0.39 is 5.25 Å². The highest BCUT2D eigenvalue weighted by molar-refractivity contribution is 8.00. The number of hydrogen-bond donors (Lipinski definition) is 2. The zero-order chi connectivity index (χ0) is 19.4. The zero-order valence-electron chi connectivity index (χ0n) is 15.3. The van der Waals surface area contributed by atoms with Crippen molar-refractivity contribution in [3.05, 3.63) is 59.7 Å². The molecule has 1 atom stereocenters. The lowest BCUT2D eigenvalue weighted by atomic mass is 10.1. The number of aryl methyl sites for hydroxylation is 1. The zero-order valence-corrected chi connectivity index (χ0v) is 16.1. The summed E-state index contributed by atoms with van der Waals surface area (Å²) in [5.74, 6) is 0.352. The van der Waals surface area contributed by atoms with Gasteiger partial charge in [0.2, 0.25) is 11.1 Å². The van der Waals surface area contributed by atoms with Gasteiger partial charge < -0.3 is 5.32 Å². The van der Waals surface area contributed by atoms with Crippen molar-refractivity contribution in [3.8, 4) is 11.4 Å². The fraction of sp³-hybridized carbons (Fsp3) is 0.200. The molecule has 0 bridgehead atoms. The molecule has 0 unspecified atom stereocenters. The average Bonchev–Trinajstić information content (AvgIpc) is 3.11. The van der Waals surface area contributed by atoms with E-state index in [2.05, 4.69) is 20.5 Å². The number of Topliss-reactive ketones (excluding diaryl/α,β-unsaturated/α-hetero) is 1. The Kier molecular flexibility index (Phi) is 5.71. The largest absolute Gasteiger partial charge is 0.324 e. The first-order valence-corrected chi connectivity index (χ1v) is 9.39. The number of para-hydroxylation sites is 1. The molecule has 0 fully saturated rings. The van der Waals surface area contributed by atoms with Crippen LogP contribution in [0.5, 0.6) is 0 Å². The Bertz CT molecular complexity index is 966. The number of benzene rings is 2. The molecule has 0 spiro atoms. The molecule has 0 radical (unpaired) electrons. The topological polar surface area (TPSA) is 87.7 Å². The van der Waals surface area contributed by atoms with Crippen LogP contribution in [0.25, 0.3) is 11.4 Å². The summed E-state index contributed by atoms with van der Waals surface area (Å²) in [4.78, 5) is 28.6. The van der Waals surface area contributed by atoms with Crippen LogP contribution >= 0.6 is 11.8 Å². The van der Waals surface area contributed by atoms with Crippen molar-refractivity contribution in [2.75, 3.05) is 5.32 Å². The Morgan fingerprint density at radius 3 is 2.52 bits per heavy atom. The van der Waals surface area contributed by atoms with Crippen molar-refractivity contribution in [1.82, 2.24) is 15.2 Å². The molecule has 7 heteroatoms. The standard InChI is InChI=1S/C20H20N4O2S/c1-12-8-10-15(11-9-12)18-22-20(24-23-18)27-14(3)19(26)21-17-7-5-4-6-16(17)13(2)25/h4-11,14H,1-3H3,(H,21,26)(H,22,23,24)/t14-/m1/s1. The van der Waals surface area contributed by atoms with Crippen molar-refractivity contribution in [3.63, 3.8) is 0 Å². The van der Waals surface area contributed by atoms with Gasteiger partial charge in [0, 0.05) is 11.1 Å². The molecule has 0 aliphatic heterocycles. The summed E-state index contributed by atoms with van der Waals surface area (Å²) in [6, 6.07) is 14.9. The number of hydrogen-bond acceptors (Lipinski definition) is 5. The van der Waals surface area contributed by atoms with E-state index in [-0.39, 0.29) is 11.7 Å². The Morgan fingerprint density at radius 1 is 1.11 bits per heavy atom. The third kappa shape index (κ3) is 4.62. The van der Waals surface area contributed by atoms with Crippen LogP contribution in [0, 0.1) is 6.92 Å². The highest BCUT2D eigenvalue weighted by Crippen LogP contribution is 2.24. The molecule has 3 rings (SSSR count). The monoisotopic (exact) mass is 380 g/mol. The van der Waals surface area contributed by atoms with Gasteiger partial charge in [0.25, 0.3) is 0 Å². The molecular formula is C20H20N4O2S. The van der Waals surface area contributed by atoms with Gasteiger partial charge in [-0.15, -0.1) is 5.10 Å². The molecule has 27 heavy (non-hydrogen) atoms. The Labute approximate surface area is 161 Å². The highest BCUT2D eigenvalue weighted by Gasteiger charge is 2.19. The molecule has 2 N–H and O–H groups in total. The second-order valence-electron chi connectivity index (χ2n) is 6.18. The molecule has 0 saturated heterocycles. The Balaban J connectivity index is 1.67. The fourth-order valence-corrected chi connectivity index (χ4v) is 3.21. The van der Waals surface area contributed by atoms with Crippen LogP contribution in [0.2, 0.25) is 0 Å². The van der Waals surface area contributed by atoms with E-state index in [0.29, 0.717) is 22.2 Å². The van der Waals surface area contributed by atoms with Gasteiger partial charge in [-0.2, -0.15) is 0 Å². The first kappa shape index (κ1) is 18.8. The van der Waals surface area contributed by atoms with Gasteiger partial charge in [0.05, 0.1) is 10.9 Å². The number of nitrogens with zero attached hydrogens (tertiary/aromatic N) is 2. The minimum absolute atomic E-state index is 0.0945. The molecule has 0 saturated carbocycles. The summed E-state index contributed by atoms with van der Waals surface area (Å²) in [5.41, 5.74) is 3.11. The molecule has 0 aliphatic rings. The lowest BCUT2D eigenvalue weighted by Crippen LogP contribution is -2.23. The normalized spacial score (nSPS) is 11.8. The second-order valence-corrected chi connectivity index (χ2v) is 7.49.